The molecule has 2 heterocycles. The maximum absolute atomic E-state index is 13.3. The third-order valence-corrected chi connectivity index (χ3v) is 5.77. The van der Waals surface area contributed by atoms with Crippen molar-refractivity contribution in [1.82, 2.24) is 0 Å². The van der Waals surface area contributed by atoms with Gasteiger partial charge >= 0.3 is 0 Å². The van der Waals surface area contributed by atoms with Crippen molar-refractivity contribution in [2.45, 2.75) is 18.4 Å². The van der Waals surface area contributed by atoms with Crippen LogP contribution in [0.1, 0.15) is 18.4 Å². The van der Waals surface area contributed by atoms with Crippen LogP contribution >= 0.6 is 0 Å². The van der Waals surface area contributed by atoms with Gasteiger partial charge in [0.1, 0.15) is 0 Å². The molecule has 1 spiro atoms. The fraction of sp³-hybridized carbons (Fsp3) is 0.208. The summed E-state index contributed by atoms with van der Waals surface area (Å²) in [5, 5.41) is 6.15. The number of anilines is 1. The summed E-state index contributed by atoms with van der Waals surface area (Å²) in [7, 11) is 3.11. The van der Waals surface area contributed by atoms with E-state index in [1.807, 2.05) is 42.5 Å². The molecule has 1 fully saturated rings. The first-order chi connectivity index (χ1) is 15.0. The molecule has 7 heteroatoms. The van der Waals surface area contributed by atoms with Gasteiger partial charge in [-0.1, -0.05) is 35.5 Å². The van der Waals surface area contributed by atoms with E-state index in [2.05, 4.69) is 5.16 Å². The highest BCUT2D eigenvalue weighted by atomic mass is 16.7. The van der Waals surface area contributed by atoms with Crippen LogP contribution in [0.2, 0.25) is 0 Å². The highest BCUT2D eigenvalue weighted by Crippen LogP contribution is 2.40. The first kappa shape index (κ1) is 19.1. The van der Waals surface area contributed by atoms with Crippen molar-refractivity contribution in [3.8, 4) is 11.5 Å². The molecule has 7 nitrogen and oxygen atoms in total. The number of imide groups is 1. The van der Waals surface area contributed by atoms with Crippen molar-refractivity contribution < 1.29 is 23.9 Å². The predicted molar refractivity (Wildman–Crippen MR) is 116 cm³/mol. The Morgan fingerprint density at radius 3 is 2.45 bits per heavy atom. The summed E-state index contributed by atoms with van der Waals surface area (Å²) in [6, 6.07) is 18.7. The van der Waals surface area contributed by atoms with Crippen LogP contribution in [0.15, 0.2) is 65.8 Å². The molecule has 156 valence electrons. The molecule has 2 aliphatic heterocycles. The van der Waals surface area contributed by atoms with E-state index in [0.717, 1.165) is 16.3 Å². The van der Waals surface area contributed by atoms with E-state index in [9.17, 15) is 9.59 Å². The zero-order chi connectivity index (χ0) is 21.6. The van der Waals surface area contributed by atoms with Gasteiger partial charge in [0.2, 0.25) is 11.5 Å². The Hall–Kier alpha value is -3.87. The first-order valence-corrected chi connectivity index (χ1v) is 9.88. The van der Waals surface area contributed by atoms with Gasteiger partial charge in [-0.05, 0) is 41.1 Å². The van der Waals surface area contributed by atoms with E-state index in [0.29, 0.717) is 22.9 Å². The lowest BCUT2D eigenvalue weighted by atomic mass is 9.92. The predicted octanol–water partition coefficient (Wildman–Crippen LogP) is 3.68. The molecule has 2 amide bonds. The Balaban J connectivity index is 1.43. The number of benzene rings is 3. The molecule has 1 saturated heterocycles. The summed E-state index contributed by atoms with van der Waals surface area (Å²) in [5.41, 5.74) is 0.556. The topological polar surface area (TPSA) is 77.4 Å². The second-order valence-electron chi connectivity index (χ2n) is 7.61. The summed E-state index contributed by atoms with van der Waals surface area (Å²) < 4.78 is 10.6. The molecule has 1 atom stereocenters. The van der Waals surface area contributed by atoms with Crippen molar-refractivity contribution in [1.29, 1.82) is 0 Å². The average molecular weight is 416 g/mol. The summed E-state index contributed by atoms with van der Waals surface area (Å²) >= 11 is 0. The van der Waals surface area contributed by atoms with Gasteiger partial charge < -0.3 is 14.3 Å². The molecule has 31 heavy (non-hydrogen) atoms. The fourth-order valence-corrected chi connectivity index (χ4v) is 4.15. The molecule has 0 bridgehead atoms. The lowest BCUT2D eigenvalue weighted by molar-refractivity contribution is -0.136. The van der Waals surface area contributed by atoms with Crippen LogP contribution in [0.25, 0.3) is 10.8 Å². The fourth-order valence-electron chi connectivity index (χ4n) is 4.15. The first-order valence-electron chi connectivity index (χ1n) is 9.88. The Morgan fingerprint density at radius 2 is 1.68 bits per heavy atom. The van der Waals surface area contributed by atoms with Gasteiger partial charge in [0.25, 0.3) is 5.91 Å². The number of carbonyl (C=O) groups is 2. The lowest BCUT2D eigenvalue weighted by Crippen LogP contribution is -2.40. The van der Waals surface area contributed by atoms with Gasteiger partial charge in [0.05, 0.1) is 32.0 Å². The SMILES string of the molecule is COc1ccc(C2=NO[C@@]3(CC(=O)N(c4ccc5ccccc5c4)C3=O)C2)cc1OC. The summed E-state index contributed by atoms with van der Waals surface area (Å²) in [4.78, 5) is 33.0. The molecule has 0 saturated carbocycles. The molecule has 3 aromatic rings. The van der Waals surface area contributed by atoms with Gasteiger partial charge in [-0.25, -0.2) is 4.90 Å². The molecular formula is C24H20N2O5. The van der Waals surface area contributed by atoms with Gasteiger partial charge in [-0.3, -0.25) is 9.59 Å². The van der Waals surface area contributed by atoms with Crippen molar-refractivity contribution in [3.05, 3.63) is 66.2 Å². The van der Waals surface area contributed by atoms with E-state index < -0.39 is 11.5 Å². The maximum Gasteiger partial charge on any atom is 0.281 e. The van der Waals surface area contributed by atoms with Crippen LogP contribution in [-0.2, 0) is 14.4 Å². The number of hydrogen-bond acceptors (Lipinski definition) is 6. The minimum atomic E-state index is -1.31. The Kier molecular flexibility index (Phi) is 4.39. The van der Waals surface area contributed by atoms with Crippen LogP contribution in [-0.4, -0.2) is 37.3 Å². The standard InChI is InChI=1S/C24H20N2O5/c1-29-20-10-8-17(12-21(20)30-2)19-13-24(31-25-19)14-22(27)26(23(24)28)18-9-7-15-5-3-4-6-16(15)11-18/h3-12H,13-14H2,1-2H3/t24-/m1/s1. The number of ether oxygens (including phenoxy) is 2. The molecular weight excluding hydrogens is 396 g/mol. The van der Waals surface area contributed by atoms with Crippen molar-refractivity contribution in [2.75, 3.05) is 19.1 Å². The number of fused-ring (bicyclic) bond motifs is 1. The maximum atomic E-state index is 13.3. The van der Waals surface area contributed by atoms with Crippen molar-refractivity contribution >= 4 is 34.0 Å². The molecule has 2 aliphatic rings. The van der Waals surface area contributed by atoms with Crippen LogP contribution < -0.4 is 14.4 Å². The second-order valence-corrected chi connectivity index (χ2v) is 7.61. The van der Waals surface area contributed by atoms with Crippen molar-refractivity contribution in [2.24, 2.45) is 5.16 Å². The average Bonchev–Trinajstić information content (AvgIpc) is 3.33. The smallest absolute Gasteiger partial charge is 0.281 e. The van der Waals surface area contributed by atoms with Crippen LogP contribution in [0, 0.1) is 0 Å². The Bertz CT molecular complexity index is 1250. The summed E-state index contributed by atoms with van der Waals surface area (Å²) in [6.45, 7) is 0. The lowest BCUT2D eigenvalue weighted by Gasteiger charge is -2.19. The minimum absolute atomic E-state index is 0.0566. The number of methoxy groups -OCH3 is 2. The van der Waals surface area contributed by atoms with Crippen LogP contribution in [0.3, 0.4) is 0 Å². The number of hydrogen-bond donors (Lipinski definition) is 0. The van der Waals surface area contributed by atoms with E-state index >= 15 is 0 Å². The van der Waals surface area contributed by atoms with E-state index in [1.165, 1.54) is 4.90 Å². The number of nitrogens with zero attached hydrogens (tertiary/aromatic N) is 2. The molecule has 0 radical (unpaired) electrons. The van der Waals surface area contributed by atoms with Crippen molar-refractivity contribution in [3.63, 3.8) is 0 Å². The number of amides is 2. The Morgan fingerprint density at radius 1 is 0.903 bits per heavy atom. The molecule has 5 rings (SSSR count). The Labute approximate surface area is 178 Å². The quantitative estimate of drug-likeness (QED) is 0.607. The molecule has 3 aromatic carbocycles. The third kappa shape index (κ3) is 3.01. The van der Waals surface area contributed by atoms with Gasteiger partial charge in [0.15, 0.2) is 11.5 Å². The molecule has 0 aromatic heterocycles. The minimum Gasteiger partial charge on any atom is -0.493 e. The summed E-state index contributed by atoms with van der Waals surface area (Å²) in [5.74, 6) is 0.446. The van der Waals surface area contributed by atoms with E-state index in [-0.39, 0.29) is 18.7 Å². The van der Waals surface area contributed by atoms with Crippen LogP contribution in [0.5, 0.6) is 11.5 Å². The zero-order valence-corrected chi connectivity index (χ0v) is 17.1. The van der Waals surface area contributed by atoms with Gasteiger partial charge in [-0.2, -0.15) is 0 Å². The monoisotopic (exact) mass is 416 g/mol. The molecule has 0 unspecified atom stereocenters. The van der Waals surface area contributed by atoms with E-state index in [1.54, 1.807) is 32.4 Å². The molecule has 0 N–H and O–H groups in total. The number of carbonyl (C=O) groups excluding carboxylic acids is 2. The summed E-state index contributed by atoms with van der Waals surface area (Å²) in [6.07, 6.45) is 0.149. The van der Waals surface area contributed by atoms with Gasteiger partial charge in [0, 0.05) is 12.0 Å². The highest BCUT2D eigenvalue weighted by Gasteiger charge is 2.58. The van der Waals surface area contributed by atoms with E-state index in [4.69, 9.17) is 14.3 Å². The van der Waals surface area contributed by atoms with Gasteiger partial charge in [-0.15, -0.1) is 0 Å². The molecule has 0 aliphatic carbocycles. The normalized spacial score (nSPS) is 20.3. The van der Waals surface area contributed by atoms with Crippen LogP contribution in [0.4, 0.5) is 5.69 Å². The zero-order valence-electron chi connectivity index (χ0n) is 17.1. The second kappa shape index (κ2) is 7.12. The third-order valence-electron chi connectivity index (χ3n) is 5.77. The highest BCUT2D eigenvalue weighted by molar-refractivity contribution is 6.26. The number of oxime groups is 1. The largest absolute Gasteiger partial charge is 0.493 e. The number of rotatable bonds is 4.